The average Bonchev–Trinajstić information content (AvgIpc) is 1.91. The summed E-state index contributed by atoms with van der Waals surface area (Å²) >= 11 is -0.815. The summed E-state index contributed by atoms with van der Waals surface area (Å²) in [5, 5.41) is 1.69. The molecule has 1 heterocycles. The Morgan fingerprint density at radius 3 is 2.71 bits per heavy atom. The first kappa shape index (κ1) is 5.15. The minimum absolute atomic E-state index is 0.815. The van der Waals surface area contributed by atoms with Gasteiger partial charge in [-0.25, -0.2) is 0 Å². The Bertz CT molecular complexity index is 93.7. The molecule has 0 fully saturated rings. The van der Waals surface area contributed by atoms with Gasteiger partial charge in [0.2, 0.25) is 0 Å². The molecule has 0 radical (unpaired) electrons. The van der Waals surface area contributed by atoms with Crippen molar-refractivity contribution in [2.24, 2.45) is 0 Å². The van der Waals surface area contributed by atoms with Crippen LogP contribution in [-0.2, 0) is 11.4 Å². The lowest BCUT2D eigenvalue weighted by molar-refractivity contribution is 0.517. The van der Waals surface area contributed by atoms with Gasteiger partial charge in [0.25, 0.3) is 0 Å². The molecule has 1 aliphatic rings. The van der Waals surface area contributed by atoms with Crippen molar-refractivity contribution in [2.45, 2.75) is 0 Å². The number of hydrogen-bond acceptors (Lipinski definition) is 2. The zero-order valence-electron chi connectivity index (χ0n) is 4.13. The van der Waals surface area contributed by atoms with Gasteiger partial charge < -0.3 is 4.55 Å². The van der Waals surface area contributed by atoms with Gasteiger partial charge in [-0.2, -0.15) is 0 Å². The quantitative estimate of drug-likeness (QED) is 0.421. The molecule has 0 aliphatic carbocycles. The van der Waals surface area contributed by atoms with Gasteiger partial charge in [0.15, 0.2) is 0 Å². The topological polar surface area (TPSA) is 26.3 Å². The summed E-state index contributed by atoms with van der Waals surface area (Å²) in [4.78, 5) is 0. The molecule has 0 amide bonds. The lowest BCUT2D eigenvalue weighted by atomic mass is 10.6. The van der Waals surface area contributed by atoms with Crippen molar-refractivity contribution in [1.82, 2.24) is 4.31 Å². The van der Waals surface area contributed by atoms with Crippen LogP contribution < -0.4 is 0 Å². The molecular formula is C4H7NOS. The van der Waals surface area contributed by atoms with Gasteiger partial charge in [-0.05, 0) is 6.08 Å². The molecule has 40 valence electrons. The molecule has 0 spiro atoms. The van der Waals surface area contributed by atoms with E-state index < -0.39 is 11.4 Å². The summed E-state index contributed by atoms with van der Waals surface area (Å²) in [6.07, 6.45) is 1.90. The molecule has 0 aromatic heterocycles. The summed E-state index contributed by atoms with van der Waals surface area (Å²) < 4.78 is 12.3. The first-order valence-corrected chi connectivity index (χ1v) is 3.26. The van der Waals surface area contributed by atoms with E-state index in [1.165, 1.54) is 0 Å². The van der Waals surface area contributed by atoms with Gasteiger partial charge in [-0.3, -0.25) is 0 Å². The van der Waals surface area contributed by atoms with Crippen molar-refractivity contribution in [2.75, 3.05) is 13.6 Å². The summed E-state index contributed by atoms with van der Waals surface area (Å²) in [6.45, 7) is 0.826. The van der Waals surface area contributed by atoms with Gasteiger partial charge in [-0.15, -0.1) is 4.31 Å². The first-order chi connectivity index (χ1) is 3.30. The lowest BCUT2D eigenvalue weighted by Gasteiger charge is -2.07. The van der Waals surface area contributed by atoms with Crippen LogP contribution in [0.5, 0.6) is 0 Å². The Kier molecular flexibility index (Phi) is 1.37. The van der Waals surface area contributed by atoms with Crippen molar-refractivity contribution >= 4 is 11.4 Å². The van der Waals surface area contributed by atoms with Crippen LogP contribution in [0.4, 0.5) is 0 Å². The van der Waals surface area contributed by atoms with E-state index in [2.05, 4.69) is 0 Å². The van der Waals surface area contributed by atoms with Crippen molar-refractivity contribution in [3.8, 4) is 0 Å². The fraction of sp³-hybridized carbons (Fsp3) is 0.500. The SMILES string of the molecule is CN1CC=C[S+]1[O-]. The van der Waals surface area contributed by atoms with Crippen LogP contribution in [-0.4, -0.2) is 22.5 Å². The highest BCUT2D eigenvalue weighted by Crippen LogP contribution is 2.05. The maximum atomic E-state index is 10.5. The molecule has 2 nitrogen and oxygen atoms in total. The molecular weight excluding hydrogens is 110 g/mol. The zero-order valence-corrected chi connectivity index (χ0v) is 4.94. The molecule has 0 N–H and O–H groups in total. The number of nitrogens with zero attached hydrogens (tertiary/aromatic N) is 1. The van der Waals surface area contributed by atoms with Gasteiger partial charge in [0, 0.05) is 7.05 Å². The molecule has 1 unspecified atom stereocenters. The fourth-order valence-electron chi connectivity index (χ4n) is 0.451. The van der Waals surface area contributed by atoms with E-state index in [0.717, 1.165) is 6.54 Å². The predicted octanol–water partition coefficient (Wildman–Crippen LogP) is 0.109. The third kappa shape index (κ3) is 0.964. The van der Waals surface area contributed by atoms with E-state index in [9.17, 15) is 4.55 Å². The van der Waals surface area contributed by atoms with E-state index in [0.29, 0.717) is 0 Å². The van der Waals surface area contributed by atoms with Crippen LogP contribution in [0, 0.1) is 0 Å². The second-order valence-electron chi connectivity index (χ2n) is 1.46. The standard InChI is InChI=1S/C4H7NOS/c1-5-3-2-4-7(5)6/h2,4H,3H2,1H3. The summed E-state index contributed by atoms with van der Waals surface area (Å²) in [5.74, 6) is 0. The molecule has 0 aromatic rings. The summed E-state index contributed by atoms with van der Waals surface area (Å²) in [6, 6.07) is 0. The molecule has 0 aromatic carbocycles. The van der Waals surface area contributed by atoms with Crippen molar-refractivity contribution in [3.05, 3.63) is 11.5 Å². The molecule has 1 rings (SSSR count). The van der Waals surface area contributed by atoms with E-state index in [1.54, 1.807) is 9.71 Å². The van der Waals surface area contributed by atoms with Crippen LogP contribution in [0.15, 0.2) is 11.5 Å². The van der Waals surface area contributed by atoms with Crippen LogP contribution in [0.3, 0.4) is 0 Å². The molecule has 1 atom stereocenters. The highest BCUT2D eigenvalue weighted by molar-refractivity contribution is 7.92. The van der Waals surface area contributed by atoms with E-state index in [1.807, 2.05) is 13.1 Å². The zero-order chi connectivity index (χ0) is 5.28. The van der Waals surface area contributed by atoms with Crippen LogP contribution in [0.2, 0.25) is 0 Å². The number of likely N-dealkylation sites (N-methyl/N-ethyl adjacent to an activating group) is 1. The molecule has 3 heteroatoms. The van der Waals surface area contributed by atoms with Crippen molar-refractivity contribution in [3.63, 3.8) is 0 Å². The third-order valence-corrected chi connectivity index (χ3v) is 2.07. The maximum Gasteiger partial charge on any atom is 0.136 e. The Morgan fingerprint density at radius 1 is 1.86 bits per heavy atom. The monoisotopic (exact) mass is 117 g/mol. The van der Waals surface area contributed by atoms with Crippen LogP contribution in [0.1, 0.15) is 0 Å². The number of hydrogen-bond donors (Lipinski definition) is 0. The minimum Gasteiger partial charge on any atom is -0.593 e. The summed E-state index contributed by atoms with van der Waals surface area (Å²) in [5.41, 5.74) is 0. The smallest absolute Gasteiger partial charge is 0.136 e. The van der Waals surface area contributed by atoms with Gasteiger partial charge in [-0.1, -0.05) is 0 Å². The molecule has 7 heavy (non-hydrogen) atoms. The van der Waals surface area contributed by atoms with Crippen LogP contribution >= 0.6 is 0 Å². The van der Waals surface area contributed by atoms with E-state index in [-0.39, 0.29) is 0 Å². The minimum atomic E-state index is -0.815. The Labute approximate surface area is 46.1 Å². The third-order valence-electron chi connectivity index (χ3n) is 0.882. The number of rotatable bonds is 0. The van der Waals surface area contributed by atoms with Crippen molar-refractivity contribution < 1.29 is 4.55 Å². The lowest BCUT2D eigenvalue weighted by Crippen LogP contribution is -2.19. The highest BCUT2D eigenvalue weighted by Gasteiger charge is 2.14. The Morgan fingerprint density at radius 2 is 2.57 bits per heavy atom. The Balaban J connectivity index is 2.45. The van der Waals surface area contributed by atoms with Gasteiger partial charge in [0.1, 0.15) is 5.41 Å². The second kappa shape index (κ2) is 1.86. The summed E-state index contributed by atoms with van der Waals surface area (Å²) in [7, 11) is 1.83. The van der Waals surface area contributed by atoms with Crippen molar-refractivity contribution in [1.29, 1.82) is 0 Å². The fourth-order valence-corrected chi connectivity index (χ4v) is 1.14. The molecule has 0 saturated carbocycles. The molecule has 1 aliphatic heterocycles. The van der Waals surface area contributed by atoms with Gasteiger partial charge >= 0.3 is 0 Å². The first-order valence-electron chi connectivity index (χ1n) is 2.09. The average molecular weight is 117 g/mol. The molecule has 0 bridgehead atoms. The highest BCUT2D eigenvalue weighted by atomic mass is 32.2. The predicted molar refractivity (Wildman–Crippen MR) is 29.9 cm³/mol. The molecule has 0 saturated heterocycles. The van der Waals surface area contributed by atoms with Crippen LogP contribution in [0.25, 0.3) is 0 Å². The van der Waals surface area contributed by atoms with Gasteiger partial charge in [0.05, 0.1) is 17.9 Å². The van der Waals surface area contributed by atoms with E-state index in [4.69, 9.17) is 0 Å². The van der Waals surface area contributed by atoms with E-state index >= 15 is 0 Å². The Hall–Kier alpha value is 0.01000. The largest absolute Gasteiger partial charge is 0.593 e. The second-order valence-corrected chi connectivity index (χ2v) is 2.91. The maximum absolute atomic E-state index is 10.5. The normalized spacial score (nSPS) is 32.0.